The first-order valence-corrected chi connectivity index (χ1v) is 9.92. The molecule has 0 radical (unpaired) electrons. The summed E-state index contributed by atoms with van der Waals surface area (Å²) in [4.78, 5) is 28.6. The number of benzene rings is 2. The maximum atomic E-state index is 13.6. The van der Waals surface area contributed by atoms with Crippen molar-refractivity contribution in [1.82, 2.24) is 4.90 Å². The Kier molecular flexibility index (Phi) is 4.13. The second-order valence-electron chi connectivity index (χ2n) is 7.93. The second-order valence-corrected chi connectivity index (χ2v) is 7.93. The number of carbonyl (C=O) groups is 1. The second kappa shape index (κ2) is 6.73. The first-order valence-electron chi connectivity index (χ1n) is 9.92. The standard InChI is InChI=1S/C25H21NO4/c1-14-6-8-17(9-7-14)22-21-23(27)19-11-15(2)16(3)12-20(19)30-24(21)25(28)26(22)13-18-5-4-10-29-18/h4-12,22H,13H2,1-3H3. The van der Waals surface area contributed by atoms with E-state index in [4.69, 9.17) is 8.83 Å². The van der Waals surface area contributed by atoms with Crippen molar-refractivity contribution < 1.29 is 13.6 Å². The van der Waals surface area contributed by atoms with Gasteiger partial charge in [0.1, 0.15) is 11.3 Å². The highest BCUT2D eigenvalue weighted by atomic mass is 16.3. The Labute approximate surface area is 173 Å². The van der Waals surface area contributed by atoms with Crippen molar-refractivity contribution in [3.8, 4) is 0 Å². The largest absolute Gasteiger partial charge is 0.467 e. The highest BCUT2D eigenvalue weighted by Crippen LogP contribution is 2.39. The number of hydrogen-bond donors (Lipinski definition) is 0. The lowest BCUT2D eigenvalue weighted by molar-refractivity contribution is 0.0701. The molecular formula is C25H21NO4. The fourth-order valence-electron chi connectivity index (χ4n) is 4.10. The summed E-state index contributed by atoms with van der Waals surface area (Å²) in [6.07, 6.45) is 1.58. The lowest BCUT2D eigenvalue weighted by atomic mass is 9.97. The Morgan fingerprint density at radius 3 is 2.40 bits per heavy atom. The lowest BCUT2D eigenvalue weighted by Gasteiger charge is -2.24. The van der Waals surface area contributed by atoms with E-state index in [1.54, 1.807) is 17.2 Å². The zero-order valence-electron chi connectivity index (χ0n) is 17.1. The van der Waals surface area contributed by atoms with Gasteiger partial charge in [-0.25, -0.2) is 0 Å². The first kappa shape index (κ1) is 18.4. The predicted molar refractivity (Wildman–Crippen MR) is 114 cm³/mol. The molecule has 4 aromatic rings. The Morgan fingerprint density at radius 2 is 1.70 bits per heavy atom. The molecule has 30 heavy (non-hydrogen) atoms. The smallest absolute Gasteiger partial charge is 0.291 e. The van der Waals surface area contributed by atoms with Crippen molar-refractivity contribution in [1.29, 1.82) is 0 Å². The molecule has 2 aromatic heterocycles. The van der Waals surface area contributed by atoms with Crippen molar-refractivity contribution in [2.45, 2.75) is 33.4 Å². The van der Waals surface area contributed by atoms with Crippen LogP contribution in [0.2, 0.25) is 0 Å². The molecule has 2 aromatic carbocycles. The van der Waals surface area contributed by atoms with Crippen LogP contribution in [-0.2, 0) is 6.54 Å². The number of hydrogen-bond acceptors (Lipinski definition) is 4. The van der Waals surface area contributed by atoms with Gasteiger partial charge in [-0.05, 0) is 61.7 Å². The predicted octanol–water partition coefficient (Wildman–Crippen LogP) is 5.06. The minimum Gasteiger partial charge on any atom is -0.467 e. The highest BCUT2D eigenvalue weighted by Gasteiger charge is 2.43. The average Bonchev–Trinajstić information content (AvgIpc) is 3.33. The van der Waals surface area contributed by atoms with Crippen molar-refractivity contribution in [3.63, 3.8) is 0 Å². The third kappa shape index (κ3) is 2.77. The summed E-state index contributed by atoms with van der Waals surface area (Å²) in [5, 5.41) is 0.501. The molecule has 5 rings (SSSR count). The molecule has 0 aliphatic carbocycles. The first-order chi connectivity index (χ1) is 14.4. The molecule has 0 fully saturated rings. The van der Waals surface area contributed by atoms with Crippen LogP contribution in [0.25, 0.3) is 11.0 Å². The fourth-order valence-corrected chi connectivity index (χ4v) is 4.10. The van der Waals surface area contributed by atoms with E-state index in [-0.39, 0.29) is 23.6 Å². The summed E-state index contributed by atoms with van der Waals surface area (Å²) in [6, 6.07) is 14.6. The number of amides is 1. The summed E-state index contributed by atoms with van der Waals surface area (Å²) in [5.41, 5.74) is 4.68. The minimum atomic E-state index is -0.527. The molecule has 150 valence electrons. The third-order valence-electron chi connectivity index (χ3n) is 5.88. The summed E-state index contributed by atoms with van der Waals surface area (Å²) < 4.78 is 11.5. The van der Waals surface area contributed by atoms with E-state index in [1.165, 1.54) is 0 Å². The molecule has 0 spiro atoms. The summed E-state index contributed by atoms with van der Waals surface area (Å²) in [6.45, 7) is 6.18. The molecule has 0 N–H and O–H groups in total. The lowest BCUT2D eigenvalue weighted by Crippen LogP contribution is -2.29. The highest BCUT2D eigenvalue weighted by molar-refractivity contribution is 5.99. The van der Waals surface area contributed by atoms with Gasteiger partial charge in [0, 0.05) is 0 Å². The van der Waals surface area contributed by atoms with Crippen LogP contribution < -0.4 is 5.43 Å². The molecule has 1 unspecified atom stereocenters. The Bertz CT molecular complexity index is 1330. The number of fused-ring (bicyclic) bond motifs is 2. The monoisotopic (exact) mass is 399 g/mol. The number of carbonyl (C=O) groups excluding carboxylic acids is 1. The molecule has 1 atom stereocenters. The molecule has 5 nitrogen and oxygen atoms in total. The zero-order valence-corrected chi connectivity index (χ0v) is 17.1. The van der Waals surface area contributed by atoms with Gasteiger partial charge in [0.15, 0.2) is 5.43 Å². The van der Waals surface area contributed by atoms with Crippen LogP contribution >= 0.6 is 0 Å². The molecule has 0 saturated carbocycles. The van der Waals surface area contributed by atoms with Crippen molar-refractivity contribution >= 4 is 16.9 Å². The summed E-state index contributed by atoms with van der Waals surface area (Å²) in [7, 11) is 0. The average molecular weight is 399 g/mol. The van der Waals surface area contributed by atoms with Crippen LogP contribution in [-0.4, -0.2) is 10.8 Å². The molecular weight excluding hydrogens is 378 g/mol. The van der Waals surface area contributed by atoms with Gasteiger partial charge >= 0.3 is 0 Å². The van der Waals surface area contributed by atoms with E-state index in [0.717, 1.165) is 22.3 Å². The van der Waals surface area contributed by atoms with E-state index >= 15 is 0 Å². The van der Waals surface area contributed by atoms with Crippen LogP contribution in [0.4, 0.5) is 0 Å². The van der Waals surface area contributed by atoms with Gasteiger partial charge in [-0.3, -0.25) is 9.59 Å². The fraction of sp³-hybridized carbons (Fsp3) is 0.200. The maximum Gasteiger partial charge on any atom is 0.291 e. The number of aryl methyl sites for hydroxylation is 3. The van der Waals surface area contributed by atoms with Gasteiger partial charge in [0.05, 0.1) is 29.8 Å². The Hall–Kier alpha value is -3.60. The van der Waals surface area contributed by atoms with Gasteiger partial charge < -0.3 is 13.7 Å². The normalized spacial score (nSPS) is 15.8. The molecule has 1 amide bonds. The quantitative estimate of drug-likeness (QED) is 0.483. The van der Waals surface area contributed by atoms with E-state index in [2.05, 4.69) is 0 Å². The zero-order chi connectivity index (χ0) is 21.0. The Morgan fingerprint density at radius 1 is 0.967 bits per heavy atom. The van der Waals surface area contributed by atoms with Gasteiger partial charge in [0.25, 0.3) is 5.91 Å². The van der Waals surface area contributed by atoms with Gasteiger partial charge in [0.2, 0.25) is 5.76 Å². The van der Waals surface area contributed by atoms with Crippen molar-refractivity contribution in [2.75, 3.05) is 0 Å². The molecule has 1 aliphatic heterocycles. The Balaban J connectivity index is 1.76. The van der Waals surface area contributed by atoms with E-state index in [9.17, 15) is 9.59 Å². The van der Waals surface area contributed by atoms with Crippen LogP contribution in [0.5, 0.6) is 0 Å². The molecule has 0 saturated heterocycles. The number of nitrogens with zero attached hydrogens (tertiary/aromatic N) is 1. The van der Waals surface area contributed by atoms with Gasteiger partial charge in [-0.2, -0.15) is 0 Å². The van der Waals surface area contributed by atoms with Crippen LogP contribution in [0.15, 0.2) is 68.4 Å². The molecule has 3 heterocycles. The SMILES string of the molecule is Cc1ccc(C2c3c(oc4cc(C)c(C)cc4c3=O)C(=O)N2Cc2ccco2)cc1. The van der Waals surface area contributed by atoms with Crippen molar-refractivity contribution in [2.24, 2.45) is 0 Å². The van der Waals surface area contributed by atoms with Crippen molar-refractivity contribution in [3.05, 3.63) is 104 Å². The maximum absolute atomic E-state index is 13.6. The van der Waals surface area contributed by atoms with E-state index in [0.29, 0.717) is 22.3 Å². The molecule has 5 heteroatoms. The van der Waals surface area contributed by atoms with E-state index < -0.39 is 6.04 Å². The van der Waals surface area contributed by atoms with Gasteiger partial charge in [-0.15, -0.1) is 0 Å². The van der Waals surface area contributed by atoms with Crippen LogP contribution in [0.3, 0.4) is 0 Å². The minimum absolute atomic E-state index is 0.118. The molecule has 1 aliphatic rings. The van der Waals surface area contributed by atoms with Gasteiger partial charge in [-0.1, -0.05) is 29.8 Å². The summed E-state index contributed by atoms with van der Waals surface area (Å²) >= 11 is 0. The number of rotatable bonds is 3. The topological polar surface area (TPSA) is 63.7 Å². The van der Waals surface area contributed by atoms with Crippen LogP contribution in [0.1, 0.15) is 50.2 Å². The third-order valence-corrected chi connectivity index (χ3v) is 5.88. The van der Waals surface area contributed by atoms with Crippen LogP contribution in [0, 0.1) is 20.8 Å². The molecule has 0 bridgehead atoms. The summed E-state index contributed by atoms with van der Waals surface area (Å²) in [5.74, 6) is 0.467. The van der Waals surface area contributed by atoms with E-state index in [1.807, 2.05) is 63.2 Å². The number of furan rings is 1.